The van der Waals surface area contributed by atoms with E-state index in [4.69, 9.17) is 0 Å². The molecular formula is C27H23F3N6O. The maximum absolute atomic E-state index is 13.6. The number of nitrogens with one attached hydrogen (secondary N) is 1. The van der Waals surface area contributed by atoms with Crippen LogP contribution in [0.2, 0.25) is 0 Å². The first kappa shape index (κ1) is 24.2. The van der Waals surface area contributed by atoms with Gasteiger partial charge in [0.1, 0.15) is 0 Å². The minimum atomic E-state index is -4.51. The van der Waals surface area contributed by atoms with Crippen molar-refractivity contribution in [2.75, 3.05) is 5.32 Å². The van der Waals surface area contributed by atoms with Crippen LogP contribution in [0.1, 0.15) is 29.2 Å². The van der Waals surface area contributed by atoms with Crippen LogP contribution in [0.25, 0.3) is 33.7 Å². The summed E-state index contributed by atoms with van der Waals surface area (Å²) in [7, 11) is 0. The van der Waals surface area contributed by atoms with Gasteiger partial charge in [-0.05, 0) is 61.7 Å². The number of rotatable bonds is 4. The van der Waals surface area contributed by atoms with Crippen LogP contribution in [0.3, 0.4) is 0 Å². The Hall–Kier alpha value is -4.47. The van der Waals surface area contributed by atoms with Crippen molar-refractivity contribution in [2.45, 2.75) is 33.9 Å². The Kier molecular flexibility index (Phi) is 5.82. The predicted octanol–water partition coefficient (Wildman–Crippen LogP) is 6.15. The van der Waals surface area contributed by atoms with E-state index in [9.17, 15) is 18.0 Å². The highest BCUT2D eigenvalue weighted by Gasteiger charge is 2.31. The summed E-state index contributed by atoms with van der Waals surface area (Å²) in [5.41, 5.74) is 5.37. The molecule has 0 unspecified atom stereocenters. The third-order valence-corrected chi connectivity index (χ3v) is 6.14. The maximum Gasteiger partial charge on any atom is 0.416 e. The van der Waals surface area contributed by atoms with Crippen molar-refractivity contribution in [3.63, 3.8) is 0 Å². The number of fused-ring (bicyclic) bond motifs is 1. The van der Waals surface area contributed by atoms with Gasteiger partial charge in [-0.2, -0.15) is 23.3 Å². The number of halogens is 3. The van der Waals surface area contributed by atoms with E-state index in [1.165, 1.54) is 17.5 Å². The minimum Gasteiger partial charge on any atom is -0.293 e. The van der Waals surface area contributed by atoms with Crippen molar-refractivity contribution >= 4 is 17.5 Å². The topological polar surface area (TPSA) is 77.1 Å². The molecule has 0 saturated carbocycles. The molecule has 5 rings (SSSR count). The van der Waals surface area contributed by atoms with E-state index in [0.717, 1.165) is 40.2 Å². The molecule has 1 amide bonds. The van der Waals surface area contributed by atoms with Gasteiger partial charge in [0.15, 0.2) is 5.65 Å². The zero-order chi connectivity index (χ0) is 26.5. The highest BCUT2D eigenvalue weighted by molar-refractivity contribution is 5.90. The number of aromatic nitrogens is 5. The summed E-state index contributed by atoms with van der Waals surface area (Å²) >= 11 is 0. The first-order chi connectivity index (χ1) is 17.5. The molecule has 0 aliphatic rings. The highest BCUT2D eigenvalue weighted by Crippen LogP contribution is 2.39. The predicted molar refractivity (Wildman–Crippen MR) is 134 cm³/mol. The second-order valence-corrected chi connectivity index (χ2v) is 8.93. The molecule has 0 fully saturated rings. The largest absolute Gasteiger partial charge is 0.416 e. The average Bonchev–Trinajstić information content (AvgIpc) is 3.40. The number of carbonyl (C=O) groups is 1. The van der Waals surface area contributed by atoms with Crippen molar-refractivity contribution in [1.82, 2.24) is 24.4 Å². The Labute approximate surface area is 210 Å². The highest BCUT2D eigenvalue weighted by atomic mass is 19.4. The van der Waals surface area contributed by atoms with Crippen LogP contribution < -0.4 is 5.32 Å². The lowest BCUT2D eigenvalue weighted by Crippen LogP contribution is -2.07. The fourth-order valence-corrected chi connectivity index (χ4v) is 4.39. The van der Waals surface area contributed by atoms with Crippen LogP contribution >= 0.6 is 0 Å². The molecule has 7 nitrogen and oxygen atoms in total. The molecule has 3 heterocycles. The summed E-state index contributed by atoms with van der Waals surface area (Å²) < 4.78 is 44.0. The Morgan fingerprint density at radius 2 is 1.76 bits per heavy atom. The molecule has 188 valence electrons. The summed E-state index contributed by atoms with van der Waals surface area (Å²) in [5, 5.41) is 11.5. The second-order valence-electron chi connectivity index (χ2n) is 8.93. The summed E-state index contributed by atoms with van der Waals surface area (Å²) in [6.45, 7) is 7.09. The molecule has 0 aliphatic carbocycles. The lowest BCUT2D eigenvalue weighted by atomic mass is 9.95. The van der Waals surface area contributed by atoms with Gasteiger partial charge in [-0.1, -0.05) is 29.8 Å². The quantitative estimate of drug-likeness (QED) is 0.318. The van der Waals surface area contributed by atoms with Crippen LogP contribution in [0, 0.1) is 20.8 Å². The van der Waals surface area contributed by atoms with Crippen LogP contribution in [-0.2, 0) is 11.0 Å². The van der Waals surface area contributed by atoms with Crippen LogP contribution in [0.15, 0.2) is 60.9 Å². The SMILES string of the molecule is CC(=O)Nc1nc2c(-c3cccc(C(F)(F)F)c3)c(C)c(-c3c(C)cnn3-c3ccc(C)cc3)cn2n1. The van der Waals surface area contributed by atoms with E-state index < -0.39 is 11.7 Å². The van der Waals surface area contributed by atoms with Crippen LogP contribution in [0.4, 0.5) is 19.1 Å². The van der Waals surface area contributed by atoms with Gasteiger partial charge in [-0.15, -0.1) is 5.10 Å². The average molecular weight is 505 g/mol. The number of hydrogen-bond acceptors (Lipinski definition) is 4. The number of amides is 1. The molecule has 10 heteroatoms. The summed E-state index contributed by atoms with van der Waals surface area (Å²) in [5.74, 6) is -0.303. The number of hydrogen-bond donors (Lipinski definition) is 1. The van der Waals surface area contributed by atoms with Crippen molar-refractivity contribution < 1.29 is 18.0 Å². The van der Waals surface area contributed by atoms with Gasteiger partial charge in [0.25, 0.3) is 0 Å². The fraction of sp³-hybridized carbons (Fsp3) is 0.185. The van der Waals surface area contributed by atoms with Gasteiger partial charge in [0.2, 0.25) is 11.9 Å². The summed E-state index contributed by atoms with van der Waals surface area (Å²) in [4.78, 5) is 16.1. The van der Waals surface area contributed by atoms with Crippen molar-refractivity contribution in [3.05, 3.63) is 83.2 Å². The number of alkyl halides is 3. The van der Waals surface area contributed by atoms with E-state index >= 15 is 0 Å². The zero-order valence-corrected chi connectivity index (χ0v) is 20.6. The first-order valence-corrected chi connectivity index (χ1v) is 11.5. The van der Waals surface area contributed by atoms with E-state index in [1.54, 1.807) is 23.1 Å². The third-order valence-electron chi connectivity index (χ3n) is 6.14. The van der Waals surface area contributed by atoms with Crippen LogP contribution in [-0.4, -0.2) is 30.3 Å². The monoisotopic (exact) mass is 504 g/mol. The number of benzene rings is 2. The van der Waals surface area contributed by atoms with E-state index in [0.29, 0.717) is 22.3 Å². The number of nitrogens with zero attached hydrogens (tertiary/aromatic N) is 5. The minimum absolute atomic E-state index is 0.0565. The van der Waals surface area contributed by atoms with Gasteiger partial charge < -0.3 is 0 Å². The summed E-state index contributed by atoms with van der Waals surface area (Å²) in [6.07, 6.45) is -1.00. The van der Waals surface area contributed by atoms with Gasteiger partial charge in [0, 0.05) is 24.2 Å². The smallest absolute Gasteiger partial charge is 0.293 e. The Morgan fingerprint density at radius 3 is 2.43 bits per heavy atom. The molecule has 3 aromatic heterocycles. The van der Waals surface area contributed by atoms with Crippen LogP contribution in [0.5, 0.6) is 0 Å². The van der Waals surface area contributed by atoms with Gasteiger partial charge in [0.05, 0.1) is 23.1 Å². The molecule has 0 spiro atoms. The zero-order valence-electron chi connectivity index (χ0n) is 20.6. The van der Waals surface area contributed by atoms with E-state index in [2.05, 4.69) is 20.5 Å². The molecule has 0 saturated heterocycles. The number of aryl methyl sites for hydroxylation is 2. The molecule has 5 aromatic rings. The summed E-state index contributed by atoms with van der Waals surface area (Å²) in [6, 6.07) is 13.0. The molecule has 0 radical (unpaired) electrons. The van der Waals surface area contributed by atoms with E-state index in [1.807, 2.05) is 45.0 Å². The van der Waals surface area contributed by atoms with Gasteiger partial charge in [-0.3, -0.25) is 10.1 Å². The maximum atomic E-state index is 13.6. The lowest BCUT2D eigenvalue weighted by Gasteiger charge is -2.16. The number of pyridine rings is 1. The molecule has 0 aliphatic heterocycles. The fourth-order valence-electron chi connectivity index (χ4n) is 4.39. The molecule has 0 bridgehead atoms. The molecule has 2 aromatic carbocycles. The number of anilines is 1. The van der Waals surface area contributed by atoms with Gasteiger partial charge >= 0.3 is 6.18 Å². The van der Waals surface area contributed by atoms with Crippen molar-refractivity contribution in [1.29, 1.82) is 0 Å². The third kappa shape index (κ3) is 4.46. The Morgan fingerprint density at radius 1 is 1.03 bits per heavy atom. The van der Waals surface area contributed by atoms with E-state index in [-0.39, 0.29) is 11.9 Å². The second kappa shape index (κ2) is 8.88. The molecule has 37 heavy (non-hydrogen) atoms. The van der Waals surface area contributed by atoms with Crippen molar-refractivity contribution in [2.24, 2.45) is 0 Å². The molecule has 0 atom stereocenters. The first-order valence-electron chi connectivity index (χ1n) is 11.5. The van der Waals surface area contributed by atoms with Crippen molar-refractivity contribution in [3.8, 4) is 28.1 Å². The Balaban J connectivity index is 1.81. The molecule has 1 N–H and O–H groups in total. The Bertz CT molecular complexity index is 1650. The lowest BCUT2D eigenvalue weighted by molar-refractivity contribution is -0.137. The standard InChI is InChI=1S/C27H23F3N6O/c1-15-8-10-21(11-9-15)36-24(16(2)13-31-36)22-14-35-25(33-26(34-35)32-18(4)37)23(17(22)3)19-6-5-7-20(12-19)27(28,29)30/h5-14H,1-4H3,(H,32,34,37). The molecular weight excluding hydrogens is 481 g/mol. The normalized spacial score (nSPS) is 11.8. The number of carbonyl (C=O) groups excluding carboxylic acids is 1. The van der Waals surface area contributed by atoms with Gasteiger partial charge in [-0.25, -0.2) is 9.20 Å².